The molecule has 4 heteroatoms. The third-order valence-corrected chi connectivity index (χ3v) is 5.13. The van der Waals surface area contributed by atoms with Gasteiger partial charge in [0.15, 0.2) is 0 Å². The highest BCUT2D eigenvalue weighted by molar-refractivity contribution is 9.10. The van der Waals surface area contributed by atoms with Gasteiger partial charge in [0, 0.05) is 9.50 Å². The molecule has 0 aliphatic carbocycles. The average Bonchev–Trinajstić information content (AvgIpc) is 2.88. The van der Waals surface area contributed by atoms with Gasteiger partial charge in [0.05, 0.1) is 18.0 Å². The molecule has 0 spiro atoms. The Morgan fingerprint density at radius 1 is 1.05 bits per heavy atom. The van der Waals surface area contributed by atoms with E-state index in [1.54, 1.807) is 0 Å². The Morgan fingerprint density at radius 3 is 2.68 bits per heavy atom. The Morgan fingerprint density at radius 2 is 1.84 bits per heavy atom. The summed E-state index contributed by atoms with van der Waals surface area (Å²) in [6.07, 6.45) is 0. The molecule has 1 atom stereocenters. The van der Waals surface area contributed by atoms with Crippen molar-refractivity contribution in [1.29, 1.82) is 0 Å². The SMILES string of the molecule is Clc1ccc(Br)cc1C(Br)c1ccc2c(c1)COC2. The third-order valence-electron chi connectivity index (χ3n) is 3.27. The molecule has 0 aromatic heterocycles. The third kappa shape index (κ3) is 2.75. The quantitative estimate of drug-likeness (QED) is 0.593. The maximum Gasteiger partial charge on any atom is 0.0725 e. The second-order valence-electron chi connectivity index (χ2n) is 4.55. The molecule has 0 fully saturated rings. The van der Waals surface area contributed by atoms with Crippen LogP contribution >= 0.6 is 43.5 Å². The van der Waals surface area contributed by atoms with Crippen LogP contribution in [-0.4, -0.2) is 0 Å². The van der Waals surface area contributed by atoms with E-state index in [-0.39, 0.29) is 4.83 Å². The molecule has 1 aliphatic heterocycles. The first-order valence-corrected chi connectivity index (χ1v) is 8.02. The van der Waals surface area contributed by atoms with Crippen molar-refractivity contribution < 1.29 is 4.74 Å². The highest BCUT2D eigenvalue weighted by atomic mass is 79.9. The zero-order chi connectivity index (χ0) is 13.4. The van der Waals surface area contributed by atoms with Crippen LogP contribution in [0.4, 0.5) is 0 Å². The monoisotopic (exact) mass is 400 g/mol. The van der Waals surface area contributed by atoms with Crippen molar-refractivity contribution in [3.05, 3.63) is 68.1 Å². The molecule has 0 saturated carbocycles. The van der Waals surface area contributed by atoms with Gasteiger partial charge in [0.2, 0.25) is 0 Å². The maximum absolute atomic E-state index is 6.28. The molecule has 1 unspecified atom stereocenters. The minimum absolute atomic E-state index is 0.0865. The van der Waals surface area contributed by atoms with Crippen molar-refractivity contribution in [2.24, 2.45) is 0 Å². The number of ether oxygens (including phenoxy) is 1. The van der Waals surface area contributed by atoms with E-state index in [0.717, 1.165) is 21.7 Å². The molecule has 98 valence electrons. The molecule has 1 aliphatic rings. The van der Waals surface area contributed by atoms with E-state index in [1.807, 2.05) is 18.2 Å². The summed E-state index contributed by atoms with van der Waals surface area (Å²) >= 11 is 13.5. The van der Waals surface area contributed by atoms with Gasteiger partial charge in [-0.25, -0.2) is 0 Å². The Hall–Kier alpha value is -0.350. The van der Waals surface area contributed by atoms with Crippen LogP contribution in [0.3, 0.4) is 0 Å². The molecule has 3 rings (SSSR count). The number of hydrogen-bond acceptors (Lipinski definition) is 1. The summed E-state index contributed by atoms with van der Waals surface area (Å²) in [6.45, 7) is 1.43. The lowest BCUT2D eigenvalue weighted by Gasteiger charge is -2.14. The molecule has 0 saturated heterocycles. The van der Waals surface area contributed by atoms with Gasteiger partial charge in [0.1, 0.15) is 0 Å². The van der Waals surface area contributed by atoms with E-state index in [9.17, 15) is 0 Å². The van der Waals surface area contributed by atoms with Crippen LogP contribution in [0.1, 0.15) is 27.1 Å². The number of rotatable bonds is 2. The van der Waals surface area contributed by atoms with Gasteiger partial charge < -0.3 is 4.74 Å². The Balaban J connectivity index is 1.99. The fourth-order valence-corrected chi connectivity index (χ4v) is 3.64. The normalized spacial score (nSPS) is 15.3. The maximum atomic E-state index is 6.28. The molecule has 2 aromatic rings. The van der Waals surface area contributed by atoms with Crippen LogP contribution in [-0.2, 0) is 18.0 Å². The van der Waals surface area contributed by atoms with Crippen molar-refractivity contribution >= 4 is 43.5 Å². The van der Waals surface area contributed by atoms with E-state index < -0.39 is 0 Å². The number of halogens is 3. The summed E-state index contributed by atoms with van der Waals surface area (Å²) in [4.78, 5) is 0.0865. The summed E-state index contributed by atoms with van der Waals surface area (Å²) in [5.41, 5.74) is 4.82. The highest BCUT2D eigenvalue weighted by Crippen LogP contribution is 2.38. The predicted octanol–water partition coefficient (Wildman–Crippen LogP) is 5.62. The van der Waals surface area contributed by atoms with Gasteiger partial charge in [-0.05, 0) is 40.5 Å². The molecule has 1 nitrogen and oxygen atoms in total. The molecule has 0 radical (unpaired) electrons. The van der Waals surface area contributed by atoms with Crippen LogP contribution in [0.5, 0.6) is 0 Å². The molecule has 1 heterocycles. The summed E-state index contributed by atoms with van der Waals surface area (Å²) in [6, 6.07) is 12.4. The summed E-state index contributed by atoms with van der Waals surface area (Å²) in [5, 5.41) is 0.766. The predicted molar refractivity (Wildman–Crippen MR) is 84.9 cm³/mol. The topological polar surface area (TPSA) is 9.23 Å². The minimum Gasteiger partial charge on any atom is -0.372 e. The van der Waals surface area contributed by atoms with Crippen LogP contribution in [0.25, 0.3) is 0 Å². The van der Waals surface area contributed by atoms with Gasteiger partial charge >= 0.3 is 0 Å². The zero-order valence-corrected chi connectivity index (χ0v) is 13.9. The lowest BCUT2D eigenvalue weighted by molar-refractivity contribution is 0.134. The minimum atomic E-state index is 0.0865. The van der Waals surface area contributed by atoms with Crippen LogP contribution in [0.2, 0.25) is 5.02 Å². The second kappa shape index (κ2) is 5.57. The Bertz CT molecular complexity index is 628. The molecular weight excluding hydrogens is 391 g/mol. The number of fused-ring (bicyclic) bond motifs is 1. The first-order chi connectivity index (χ1) is 9.15. The van der Waals surface area contributed by atoms with Crippen LogP contribution < -0.4 is 0 Å². The lowest BCUT2D eigenvalue weighted by Crippen LogP contribution is -1.96. The van der Waals surface area contributed by atoms with Crippen LogP contribution in [0.15, 0.2) is 40.9 Å². The van der Waals surface area contributed by atoms with Gasteiger partial charge in [-0.3, -0.25) is 0 Å². The molecule has 19 heavy (non-hydrogen) atoms. The average molecular weight is 403 g/mol. The van der Waals surface area contributed by atoms with Crippen molar-refractivity contribution in [3.63, 3.8) is 0 Å². The lowest BCUT2D eigenvalue weighted by atomic mass is 10.0. The van der Waals surface area contributed by atoms with Gasteiger partial charge in [-0.2, -0.15) is 0 Å². The highest BCUT2D eigenvalue weighted by Gasteiger charge is 2.18. The summed E-state index contributed by atoms with van der Waals surface area (Å²) in [7, 11) is 0. The van der Waals surface area contributed by atoms with E-state index in [0.29, 0.717) is 6.61 Å². The largest absolute Gasteiger partial charge is 0.372 e. The van der Waals surface area contributed by atoms with E-state index in [2.05, 4.69) is 50.1 Å². The fraction of sp³-hybridized carbons (Fsp3) is 0.200. The van der Waals surface area contributed by atoms with Gasteiger partial charge in [0.25, 0.3) is 0 Å². The molecule has 0 N–H and O–H groups in total. The molecular formula is C15H11Br2ClO. The van der Waals surface area contributed by atoms with Gasteiger partial charge in [-0.1, -0.05) is 61.7 Å². The summed E-state index contributed by atoms with van der Waals surface area (Å²) < 4.78 is 6.48. The van der Waals surface area contributed by atoms with Crippen molar-refractivity contribution in [1.82, 2.24) is 0 Å². The smallest absolute Gasteiger partial charge is 0.0725 e. The number of hydrogen-bond donors (Lipinski definition) is 0. The van der Waals surface area contributed by atoms with E-state index >= 15 is 0 Å². The van der Waals surface area contributed by atoms with Gasteiger partial charge in [-0.15, -0.1) is 0 Å². The molecule has 2 aromatic carbocycles. The first kappa shape index (κ1) is 13.6. The number of alkyl halides is 1. The van der Waals surface area contributed by atoms with Crippen molar-refractivity contribution in [3.8, 4) is 0 Å². The van der Waals surface area contributed by atoms with Crippen LogP contribution in [0, 0.1) is 0 Å². The van der Waals surface area contributed by atoms with Crippen molar-refractivity contribution in [2.75, 3.05) is 0 Å². The zero-order valence-electron chi connectivity index (χ0n) is 10.00. The molecule has 0 bridgehead atoms. The number of benzene rings is 2. The second-order valence-corrected chi connectivity index (χ2v) is 6.79. The summed E-state index contributed by atoms with van der Waals surface area (Å²) in [5.74, 6) is 0. The standard InChI is InChI=1S/C15H11Br2ClO/c16-12-3-4-14(18)13(6-12)15(17)9-1-2-10-7-19-8-11(10)5-9/h1-6,15H,7-8H2. The molecule has 0 amide bonds. The van der Waals surface area contributed by atoms with Crippen molar-refractivity contribution in [2.45, 2.75) is 18.0 Å². The Labute approximate surface area is 134 Å². The van der Waals surface area contributed by atoms with E-state index in [4.69, 9.17) is 16.3 Å². The van der Waals surface area contributed by atoms with E-state index in [1.165, 1.54) is 16.7 Å². The first-order valence-electron chi connectivity index (χ1n) is 5.93. The Kier molecular flexibility index (Phi) is 3.99. The fourth-order valence-electron chi connectivity index (χ4n) is 2.24.